The molecule has 0 spiro atoms. The van der Waals surface area contributed by atoms with Crippen LogP contribution in [0, 0.1) is 6.92 Å². The van der Waals surface area contributed by atoms with Gasteiger partial charge >= 0.3 is 0 Å². The van der Waals surface area contributed by atoms with Gasteiger partial charge in [0, 0.05) is 0 Å². The van der Waals surface area contributed by atoms with E-state index >= 15 is 0 Å². The molecule has 0 saturated carbocycles. The third-order valence-electron chi connectivity index (χ3n) is 2.60. The lowest BCUT2D eigenvalue weighted by atomic mass is 10.2. The van der Waals surface area contributed by atoms with Crippen molar-refractivity contribution < 1.29 is 9.63 Å². The number of carbonyl (C=O) groups excluding carboxylic acids is 1. The molecule has 0 aliphatic carbocycles. The van der Waals surface area contributed by atoms with Gasteiger partial charge in [0.15, 0.2) is 0 Å². The summed E-state index contributed by atoms with van der Waals surface area (Å²) in [6.45, 7) is 2.30. The smallest absolute Gasteiger partial charge is 0.268 e. The van der Waals surface area contributed by atoms with Gasteiger partial charge in [-0.25, -0.2) is 15.4 Å². The van der Waals surface area contributed by atoms with Crippen LogP contribution in [0.25, 0.3) is 10.2 Å². The van der Waals surface area contributed by atoms with E-state index < -0.39 is 6.04 Å². The summed E-state index contributed by atoms with van der Waals surface area (Å²) in [4.78, 5) is 25.6. The van der Waals surface area contributed by atoms with Crippen molar-refractivity contribution in [2.45, 2.75) is 13.0 Å². The van der Waals surface area contributed by atoms with Crippen molar-refractivity contribution in [2.24, 2.45) is 0 Å². The number of nitrogens with zero attached hydrogens (tertiary/aromatic N) is 2. The van der Waals surface area contributed by atoms with E-state index in [2.05, 4.69) is 20.8 Å². The van der Waals surface area contributed by atoms with Crippen LogP contribution in [-0.2, 0) is 9.63 Å². The number of amides is 1. The zero-order valence-electron chi connectivity index (χ0n) is 9.06. The maximum atomic E-state index is 11.4. The van der Waals surface area contributed by atoms with Crippen LogP contribution in [0.1, 0.15) is 5.56 Å². The van der Waals surface area contributed by atoms with E-state index in [1.54, 1.807) is 11.3 Å². The summed E-state index contributed by atoms with van der Waals surface area (Å²) in [5.74, 6) is 0.504. The number of nitrogens with one attached hydrogen (secondary N) is 2. The molecule has 1 unspecified atom stereocenters. The summed E-state index contributed by atoms with van der Waals surface area (Å²) in [6.07, 6.45) is 1.49. The van der Waals surface area contributed by atoms with Crippen LogP contribution >= 0.6 is 11.3 Å². The second kappa shape index (κ2) is 3.94. The Hall–Kier alpha value is -1.73. The number of carbonyl (C=O) groups is 1. The van der Waals surface area contributed by atoms with E-state index in [1.807, 2.05) is 12.3 Å². The number of thiophene rings is 1. The molecule has 1 saturated heterocycles. The molecule has 1 amide bonds. The van der Waals surface area contributed by atoms with Crippen molar-refractivity contribution >= 4 is 33.3 Å². The zero-order chi connectivity index (χ0) is 11.8. The third kappa shape index (κ3) is 1.73. The third-order valence-corrected chi connectivity index (χ3v) is 3.61. The Kier molecular flexibility index (Phi) is 2.41. The number of aromatic nitrogens is 2. The number of hydroxylamine groups is 1. The van der Waals surface area contributed by atoms with Crippen LogP contribution in [0.3, 0.4) is 0 Å². The van der Waals surface area contributed by atoms with Gasteiger partial charge in [-0.05, 0) is 17.9 Å². The molecule has 7 heteroatoms. The minimum Gasteiger partial charge on any atom is -0.356 e. The Morgan fingerprint density at radius 1 is 1.59 bits per heavy atom. The Bertz CT molecular complexity index is 583. The van der Waals surface area contributed by atoms with Gasteiger partial charge < -0.3 is 5.32 Å². The Morgan fingerprint density at radius 3 is 3.24 bits per heavy atom. The number of hydrogen-bond donors (Lipinski definition) is 2. The summed E-state index contributed by atoms with van der Waals surface area (Å²) in [7, 11) is 0. The van der Waals surface area contributed by atoms with Gasteiger partial charge in [-0.1, -0.05) is 0 Å². The quantitative estimate of drug-likeness (QED) is 0.826. The van der Waals surface area contributed by atoms with Crippen LogP contribution < -0.4 is 10.8 Å². The van der Waals surface area contributed by atoms with Crippen LogP contribution in [0.15, 0.2) is 11.7 Å². The summed E-state index contributed by atoms with van der Waals surface area (Å²) >= 11 is 1.56. The molecule has 0 bridgehead atoms. The Morgan fingerprint density at radius 2 is 2.47 bits per heavy atom. The second-order valence-corrected chi connectivity index (χ2v) is 4.65. The molecule has 3 rings (SSSR count). The van der Waals surface area contributed by atoms with E-state index in [9.17, 15) is 4.79 Å². The number of rotatable bonds is 2. The van der Waals surface area contributed by atoms with Crippen LogP contribution in [-0.4, -0.2) is 28.5 Å². The first-order valence-corrected chi connectivity index (χ1v) is 6.00. The van der Waals surface area contributed by atoms with Gasteiger partial charge in [0.2, 0.25) is 0 Å². The number of hydrogen-bond acceptors (Lipinski definition) is 6. The highest BCUT2D eigenvalue weighted by atomic mass is 32.1. The SMILES string of the molecule is Cc1csc2ncnc(NC3CONC3=O)c12. The lowest BCUT2D eigenvalue weighted by Gasteiger charge is -2.09. The lowest BCUT2D eigenvalue weighted by Crippen LogP contribution is -2.31. The summed E-state index contributed by atoms with van der Waals surface area (Å²) in [6, 6.07) is -0.396. The van der Waals surface area contributed by atoms with Crippen LogP contribution in [0.2, 0.25) is 0 Å². The summed E-state index contributed by atoms with van der Waals surface area (Å²) in [5.41, 5.74) is 3.41. The lowest BCUT2D eigenvalue weighted by molar-refractivity contribution is -0.124. The molecular formula is C10H10N4O2S. The van der Waals surface area contributed by atoms with Gasteiger partial charge in [0.05, 0.1) is 5.39 Å². The summed E-state index contributed by atoms with van der Waals surface area (Å²) in [5, 5.41) is 6.07. The first kappa shape index (κ1) is 10.4. The first-order valence-electron chi connectivity index (χ1n) is 5.12. The van der Waals surface area contributed by atoms with Crippen molar-refractivity contribution in [2.75, 3.05) is 11.9 Å². The van der Waals surface area contributed by atoms with Crippen molar-refractivity contribution in [3.05, 3.63) is 17.3 Å². The maximum absolute atomic E-state index is 11.4. The molecule has 2 N–H and O–H groups in total. The normalized spacial score (nSPS) is 19.6. The highest BCUT2D eigenvalue weighted by Crippen LogP contribution is 2.28. The van der Waals surface area contributed by atoms with Gasteiger partial charge in [-0.2, -0.15) is 0 Å². The largest absolute Gasteiger partial charge is 0.356 e. The fourth-order valence-corrected chi connectivity index (χ4v) is 2.63. The zero-order valence-corrected chi connectivity index (χ0v) is 9.87. The van der Waals surface area contributed by atoms with E-state index in [1.165, 1.54) is 6.33 Å². The standard InChI is InChI=1S/C10H10N4O2S/c1-5-3-17-10-7(5)8(11-4-12-10)13-6-2-16-14-9(6)15/h3-4,6H,2H2,1H3,(H,14,15)(H,11,12,13). The molecule has 88 valence electrons. The molecule has 0 aromatic carbocycles. The predicted octanol–water partition coefficient (Wildman–Crippen LogP) is 0.842. The van der Waals surface area contributed by atoms with Crippen molar-refractivity contribution in [3.63, 3.8) is 0 Å². The highest BCUT2D eigenvalue weighted by Gasteiger charge is 2.26. The second-order valence-electron chi connectivity index (χ2n) is 3.80. The molecule has 1 fully saturated rings. The van der Waals surface area contributed by atoms with E-state index in [-0.39, 0.29) is 5.91 Å². The fourth-order valence-electron chi connectivity index (χ4n) is 1.74. The molecule has 1 aliphatic heterocycles. The van der Waals surface area contributed by atoms with E-state index in [0.29, 0.717) is 12.4 Å². The molecule has 1 atom stereocenters. The molecule has 1 aliphatic rings. The Balaban J connectivity index is 1.99. The topological polar surface area (TPSA) is 76.1 Å². The number of anilines is 1. The molecule has 3 heterocycles. The number of aryl methyl sites for hydroxylation is 1. The van der Waals surface area contributed by atoms with Gasteiger partial charge in [-0.3, -0.25) is 9.63 Å². The van der Waals surface area contributed by atoms with Crippen molar-refractivity contribution in [3.8, 4) is 0 Å². The minimum absolute atomic E-state index is 0.176. The first-order chi connectivity index (χ1) is 8.25. The van der Waals surface area contributed by atoms with Gasteiger partial charge in [0.1, 0.15) is 29.6 Å². The minimum atomic E-state index is -0.396. The van der Waals surface area contributed by atoms with Gasteiger partial charge in [-0.15, -0.1) is 11.3 Å². The van der Waals surface area contributed by atoms with E-state index in [4.69, 9.17) is 4.84 Å². The van der Waals surface area contributed by atoms with Crippen molar-refractivity contribution in [1.29, 1.82) is 0 Å². The van der Waals surface area contributed by atoms with Crippen molar-refractivity contribution in [1.82, 2.24) is 15.4 Å². The molecule has 17 heavy (non-hydrogen) atoms. The molecular weight excluding hydrogens is 240 g/mol. The average Bonchev–Trinajstić information content (AvgIpc) is 2.88. The maximum Gasteiger partial charge on any atom is 0.268 e. The van der Waals surface area contributed by atoms with Crippen LogP contribution in [0.4, 0.5) is 5.82 Å². The predicted molar refractivity (Wildman–Crippen MR) is 63.7 cm³/mol. The fraction of sp³-hybridized carbons (Fsp3) is 0.300. The average molecular weight is 250 g/mol. The molecule has 2 aromatic heterocycles. The van der Waals surface area contributed by atoms with Crippen LogP contribution in [0.5, 0.6) is 0 Å². The molecule has 2 aromatic rings. The highest BCUT2D eigenvalue weighted by molar-refractivity contribution is 7.17. The monoisotopic (exact) mass is 250 g/mol. The molecule has 0 radical (unpaired) electrons. The Labute approximate surface area is 101 Å². The van der Waals surface area contributed by atoms with E-state index in [0.717, 1.165) is 15.8 Å². The molecule has 6 nitrogen and oxygen atoms in total. The number of fused-ring (bicyclic) bond motifs is 1. The summed E-state index contributed by atoms with van der Waals surface area (Å²) < 4.78 is 0. The van der Waals surface area contributed by atoms with Gasteiger partial charge in [0.25, 0.3) is 5.91 Å².